The van der Waals surface area contributed by atoms with E-state index in [1.807, 2.05) is 30.3 Å². The molecule has 0 atom stereocenters. The number of carbonyl (C=O) groups is 1. The maximum atomic E-state index is 13.0. The maximum Gasteiger partial charge on any atom is 0.173 e. The Balaban J connectivity index is 1.71. The highest BCUT2D eigenvalue weighted by Gasteiger charge is 2.18. The number of aliphatic imine (C=N–C) groups is 1. The predicted molar refractivity (Wildman–Crippen MR) is 97.5 cm³/mol. The van der Waals surface area contributed by atoms with E-state index in [1.54, 1.807) is 0 Å². The van der Waals surface area contributed by atoms with Gasteiger partial charge in [0.15, 0.2) is 11.0 Å². The molecule has 3 nitrogen and oxygen atoms in total. The van der Waals surface area contributed by atoms with Crippen LogP contribution in [0.5, 0.6) is 0 Å². The molecular formula is C19H19FN2OS. The van der Waals surface area contributed by atoms with Crippen molar-refractivity contribution in [1.29, 1.82) is 0 Å². The summed E-state index contributed by atoms with van der Waals surface area (Å²) in [4.78, 5) is 19.3. The van der Waals surface area contributed by atoms with Crippen LogP contribution in [0.4, 0.5) is 10.1 Å². The number of likely N-dealkylation sites (tertiary alicyclic amines) is 1. The first kappa shape index (κ1) is 16.7. The van der Waals surface area contributed by atoms with Crippen molar-refractivity contribution < 1.29 is 9.18 Å². The number of ketones is 1. The SMILES string of the molecule is O=C(CSC(=Nc1ccccc1)N1CCCC1)c1ccc(F)cc1. The second kappa shape index (κ2) is 8.11. The number of hydrogen-bond acceptors (Lipinski definition) is 3. The fourth-order valence-electron chi connectivity index (χ4n) is 2.56. The van der Waals surface area contributed by atoms with Crippen molar-refractivity contribution in [1.82, 2.24) is 4.90 Å². The third kappa shape index (κ3) is 4.45. The fourth-order valence-corrected chi connectivity index (χ4v) is 3.53. The molecule has 3 rings (SSSR count). The smallest absolute Gasteiger partial charge is 0.173 e. The average molecular weight is 342 g/mol. The monoisotopic (exact) mass is 342 g/mol. The van der Waals surface area contributed by atoms with Crippen molar-refractivity contribution in [2.45, 2.75) is 12.8 Å². The molecule has 0 aromatic heterocycles. The molecule has 0 aliphatic carbocycles. The van der Waals surface area contributed by atoms with E-state index in [0.29, 0.717) is 11.3 Å². The number of rotatable bonds is 4. The van der Waals surface area contributed by atoms with E-state index in [-0.39, 0.29) is 11.6 Å². The van der Waals surface area contributed by atoms with Crippen LogP contribution in [-0.2, 0) is 0 Å². The quantitative estimate of drug-likeness (QED) is 0.465. The minimum absolute atomic E-state index is 0.0139. The van der Waals surface area contributed by atoms with Crippen LogP contribution in [0.3, 0.4) is 0 Å². The summed E-state index contributed by atoms with van der Waals surface area (Å²) < 4.78 is 13.0. The fraction of sp³-hybridized carbons (Fsp3) is 0.263. The lowest BCUT2D eigenvalue weighted by Crippen LogP contribution is -2.26. The highest BCUT2D eigenvalue weighted by Crippen LogP contribution is 2.21. The summed E-state index contributed by atoms with van der Waals surface area (Å²) in [6.45, 7) is 1.95. The van der Waals surface area contributed by atoms with Gasteiger partial charge in [-0.3, -0.25) is 4.79 Å². The number of thioether (sulfide) groups is 1. The topological polar surface area (TPSA) is 32.7 Å². The second-order valence-corrected chi connectivity index (χ2v) is 6.59. The molecule has 0 amide bonds. The van der Waals surface area contributed by atoms with Gasteiger partial charge in [0.2, 0.25) is 0 Å². The molecular weight excluding hydrogens is 323 g/mol. The number of amidine groups is 1. The molecule has 0 unspecified atom stereocenters. The summed E-state index contributed by atoms with van der Waals surface area (Å²) in [5.41, 5.74) is 1.42. The molecule has 2 aromatic carbocycles. The van der Waals surface area contributed by atoms with Gasteiger partial charge in [0.1, 0.15) is 5.82 Å². The van der Waals surface area contributed by atoms with Crippen LogP contribution in [0.25, 0.3) is 0 Å². The van der Waals surface area contributed by atoms with E-state index in [0.717, 1.165) is 36.8 Å². The number of carbonyl (C=O) groups excluding carboxylic acids is 1. The van der Waals surface area contributed by atoms with Crippen molar-refractivity contribution in [2.24, 2.45) is 4.99 Å². The molecule has 0 radical (unpaired) electrons. The highest BCUT2D eigenvalue weighted by atomic mass is 32.2. The van der Waals surface area contributed by atoms with Crippen molar-refractivity contribution in [3.8, 4) is 0 Å². The maximum absolute atomic E-state index is 13.0. The molecule has 0 N–H and O–H groups in total. The molecule has 1 saturated heterocycles. The summed E-state index contributed by atoms with van der Waals surface area (Å²) in [5.74, 6) is -0.0455. The Morgan fingerprint density at radius 3 is 2.38 bits per heavy atom. The molecule has 0 saturated carbocycles. The summed E-state index contributed by atoms with van der Waals surface area (Å²) in [5, 5.41) is 0.883. The Morgan fingerprint density at radius 2 is 1.71 bits per heavy atom. The normalized spacial score (nSPS) is 14.9. The van der Waals surface area contributed by atoms with Gasteiger partial charge >= 0.3 is 0 Å². The summed E-state index contributed by atoms with van der Waals surface area (Å²) >= 11 is 1.45. The molecule has 1 aliphatic rings. The van der Waals surface area contributed by atoms with Crippen molar-refractivity contribution in [2.75, 3.05) is 18.8 Å². The molecule has 0 spiro atoms. The Morgan fingerprint density at radius 1 is 1.04 bits per heavy atom. The van der Waals surface area contributed by atoms with Gasteiger partial charge in [0, 0.05) is 18.7 Å². The van der Waals surface area contributed by atoms with Crippen molar-refractivity contribution in [3.63, 3.8) is 0 Å². The Bertz CT molecular complexity index is 710. The molecule has 5 heteroatoms. The zero-order chi connectivity index (χ0) is 16.8. The third-order valence-corrected chi connectivity index (χ3v) is 4.87. The van der Waals surface area contributed by atoms with Crippen LogP contribution in [0, 0.1) is 5.82 Å². The minimum atomic E-state index is -0.331. The summed E-state index contributed by atoms with van der Waals surface area (Å²) in [6.07, 6.45) is 2.31. The van der Waals surface area contributed by atoms with E-state index in [1.165, 1.54) is 36.0 Å². The van der Waals surface area contributed by atoms with E-state index in [9.17, 15) is 9.18 Å². The predicted octanol–water partition coefficient (Wildman–Crippen LogP) is 4.53. The van der Waals surface area contributed by atoms with Crippen LogP contribution in [0.15, 0.2) is 59.6 Å². The van der Waals surface area contributed by atoms with E-state index in [4.69, 9.17) is 4.99 Å². The second-order valence-electron chi connectivity index (χ2n) is 5.64. The number of halogens is 1. The van der Waals surface area contributed by atoms with E-state index in [2.05, 4.69) is 4.90 Å². The Labute approximate surface area is 145 Å². The molecule has 1 fully saturated rings. The highest BCUT2D eigenvalue weighted by molar-refractivity contribution is 8.14. The van der Waals surface area contributed by atoms with Crippen LogP contribution < -0.4 is 0 Å². The number of Topliss-reactive ketones (excluding diaryl/α,β-unsaturated/α-hetero) is 1. The van der Waals surface area contributed by atoms with Gasteiger partial charge in [-0.15, -0.1) is 0 Å². The molecule has 24 heavy (non-hydrogen) atoms. The summed E-state index contributed by atoms with van der Waals surface area (Å²) in [7, 11) is 0. The lowest BCUT2D eigenvalue weighted by molar-refractivity contribution is 0.102. The molecule has 124 valence electrons. The van der Waals surface area contributed by atoms with Crippen LogP contribution >= 0.6 is 11.8 Å². The number of hydrogen-bond donors (Lipinski definition) is 0. The van der Waals surface area contributed by atoms with Crippen molar-refractivity contribution in [3.05, 3.63) is 66.0 Å². The van der Waals surface area contributed by atoms with Gasteiger partial charge < -0.3 is 4.90 Å². The van der Waals surface area contributed by atoms with Gasteiger partial charge in [-0.1, -0.05) is 30.0 Å². The Kier molecular flexibility index (Phi) is 5.64. The van der Waals surface area contributed by atoms with Gasteiger partial charge in [0.05, 0.1) is 11.4 Å². The van der Waals surface area contributed by atoms with E-state index >= 15 is 0 Å². The minimum Gasteiger partial charge on any atom is -0.351 e. The third-order valence-electron chi connectivity index (χ3n) is 3.86. The number of para-hydroxylation sites is 1. The Hall–Kier alpha value is -2.14. The molecule has 1 aliphatic heterocycles. The first-order chi connectivity index (χ1) is 11.7. The van der Waals surface area contributed by atoms with Gasteiger partial charge in [-0.05, 0) is 49.2 Å². The molecule has 0 bridgehead atoms. The van der Waals surface area contributed by atoms with Crippen LogP contribution in [0.2, 0.25) is 0 Å². The lowest BCUT2D eigenvalue weighted by Gasteiger charge is -2.19. The van der Waals surface area contributed by atoms with E-state index < -0.39 is 0 Å². The zero-order valence-corrected chi connectivity index (χ0v) is 14.1. The average Bonchev–Trinajstić information content (AvgIpc) is 3.14. The molecule has 1 heterocycles. The summed E-state index contributed by atoms with van der Waals surface area (Å²) in [6, 6.07) is 15.5. The lowest BCUT2D eigenvalue weighted by atomic mass is 10.1. The number of benzene rings is 2. The van der Waals surface area contributed by atoms with Crippen LogP contribution in [0.1, 0.15) is 23.2 Å². The van der Waals surface area contributed by atoms with Crippen LogP contribution in [-0.4, -0.2) is 34.7 Å². The first-order valence-electron chi connectivity index (χ1n) is 8.02. The zero-order valence-electron chi connectivity index (χ0n) is 13.3. The number of nitrogens with zero attached hydrogens (tertiary/aromatic N) is 2. The van der Waals surface area contributed by atoms with Gasteiger partial charge in [-0.25, -0.2) is 9.38 Å². The standard InChI is InChI=1S/C19H19FN2OS/c20-16-10-8-15(9-11-16)18(23)14-24-19(22-12-4-5-13-22)21-17-6-2-1-3-7-17/h1-3,6-11H,4-5,12-14H2. The van der Waals surface area contributed by atoms with Gasteiger partial charge in [-0.2, -0.15) is 0 Å². The van der Waals surface area contributed by atoms with Crippen molar-refractivity contribution >= 4 is 28.4 Å². The first-order valence-corrected chi connectivity index (χ1v) is 9.01. The molecule has 2 aromatic rings. The van der Waals surface area contributed by atoms with Gasteiger partial charge in [0.25, 0.3) is 0 Å². The largest absolute Gasteiger partial charge is 0.351 e.